The minimum absolute atomic E-state index is 0.0221. The van der Waals surface area contributed by atoms with Crippen LogP contribution in [0.4, 0.5) is 11.5 Å². The Morgan fingerprint density at radius 2 is 1.86 bits per heavy atom. The molecule has 2 N–H and O–H groups in total. The summed E-state index contributed by atoms with van der Waals surface area (Å²) in [5.74, 6) is 0.561. The van der Waals surface area contributed by atoms with Crippen molar-refractivity contribution in [3.63, 3.8) is 0 Å². The van der Waals surface area contributed by atoms with Gasteiger partial charge in [-0.15, -0.1) is 0 Å². The van der Waals surface area contributed by atoms with E-state index in [-0.39, 0.29) is 18.2 Å². The van der Waals surface area contributed by atoms with Crippen molar-refractivity contribution in [3.05, 3.63) is 82.9 Å². The molecule has 1 heterocycles. The molecule has 144 valence electrons. The maximum Gasteiger partial charge on any atom is 0.270 e. The average molecular weight is 388 g/mol. The Morgan fingerprint density at radius 3 is 2.72 bits per heavy atom. The summed E-state index contributed by atoms with van der Waals surface area (Å²) in [5.41, 5.74) is 1.13. The quantitative estimate of drug-likeness (QED) is 0.381. The molecule has 8 heteroatoms. The molecule has 4 rings (SSSR count). The molecular weight excluding hydrogens is 372 g/mol. The molecule has 3 aromatic carbocycles. The van der Waals surface area contributed by atoms with Crippen molar-refractivity contribution in [2.24, 2.45) is 0 Å². The first kappa shape index (κ1) is 18.2. The van der Waals surface area contributed by atoms with E-state index in [1.165, 1.54) is 12.1 Å². The first-order valence-corrected chi connectivity index (χ1v) is 8.81. The van der Waals surface area contributed by atoms with Gasteiger partial charge in [-0.1, -0.05) is 48.5 Å². The lowest BCUT2D eigenvalue weighted by Crippen LogP contribution is -2.20. The maximum absolute atomic E-state index is 12.2. The number of carbonyl (C=O) groups excluding carboxylic acids is 1. The van der Waals surface area contributed by atoms with Crippen molar-refractivity contribution >= 4 is 28.2 Å². The Balaban J connectivity index is 1.42. The topological polar surface area (TPSA) is 110 Å². The van der Waals surface area contributed by atoms with Gasteiger partial charge >= 0.3 is 0 Å². The lowest BCUT2D eigenvalue weighted by atomic mass is 10.1. The lowest BCUT2D eigenvalue weighted by molar-refractivity contribution is -0.384. The van der Waals surface area contributed by atoms with Crippen LogP contribution in [0.25, 0.3) is 22.0 Å². The van der Waals surface area contributed by atoms with Crippen LogP contribution >= 0.6 is 0 Å². The van der Waals surface area contributed by atoms with Crippen LogP contribution in [0.3, 0.4) is 0 Å². The van der Waals surface area contributed by atoms with Gasteiger partial charge in [-0.25, -0.2) is 0 Å². The molecule has 8 nitrogen and oxygen atoms in total. The number of nitrogens with zero attached hydrogens (tertiary/aromatic N) is 2. The van der Waals surface area contributed by atoms with Gasteiger partial charge in [-0.3, -0.25) is 20.0 Å². The van der Waals surface area contributed by atoms with Crippen molar-refractivity contribution in [1.82, 2.24) is 10.2 Å². The number of anilines is 1. The third kappa shape index (κ3) is 4.06. The molecule has 1 amide bonds. The van der Waals surface area contributed by atoms with E-state index in [0.29, 0.717) is 22.8 Å². The van der Waals surface area contributed by atoms with Gasteiger partial charge in [-0.05, 0) is 11.5 Å². The van der Waals surface area contributed by atoms with Gasteiger partial charge in [0.2, 0.25) is 0 Å². The second kappa shape index (κ2) is 7.81. The highest BCUT2D eigenvalue weighted by Gasteiger charge is 2.12. The number of hydrogen-bond acceptors (Lipinski definition) is 5. The molecule has 0 bridgehead atoms. The van der Waals surface area contributed by atoms with Crippen molar-refractivity contribution in [2.45, 2.75) is 0 Å². The molecule has 4 aromatic rings. The summed E-state index contributed by atoms with van der Waals surface area (Å²) in [4.78, 5) is 22.7. The molecule has 0 spiro atoms. The lowest BCUT2D eigenvalue weighted by Gasteiger charge is -2.08. The molecule has 29 heavy (non-hydrogen) atoms. The minimum Gasteiger partial charge on any atom is -0.483 e. The maximum atomic E-state index is 12.2. The first-order chi connectivity index (χ1) is 14.1. The standard InChI is InChI=1S/C21H16N4O4/c26-21(13-29-19-10-4-6-14-5-1-2-9-17(14)19)22-20-12-18(23-24-20)15-7-3-8-16(11-15)25(27)28/h1-12H,13H2,(H2,22,23,24,26). The fraction of sp³-hybridized carbons (Fsp3) is 0.0476. The summed E-state index contributed by atoms with van der Waals surface area (Å²) in [6, 6.07) is 21.2. The molecule has 0 saturated carbocycles. The SMILES string of the molecule is O=C(COc1cccc2ccccc12)Nc1cc(-c2cccc([N+](=O)[O-])c2)[nH]n1. The summed E-state index contributed by atoms with van der Waals surface area (Å²) in [5, 5.41) is 22.3. The highest BCUT2D eigenvalue weighted by molar-refractivity contribution is 5.92. The Bertz CT molecular complexity index is 1200. The van der Waals surface area contributed by atoms with Gasteiger partial charge in [-0.2, -0.15) is 5.10 Å². The van der Waals surface area contributed by atoms with E-state index in [9.17, 15) is 14.9 Å². The number of nitrogens with one attached hydrogen (secondary N) is 2. The number of nitro groups is 1. The van der Waals surface area contributed by atoms with Gasteiger partial charge in [0.05, 0.1) is 10.6 Å². The number of non-ortho nitro benzene ring substituents is 1. The Labute approximate surface area is 165 Å². The van der Waals surface area contributed by atoms with Gasteiger partial charge in [0.25, 0.3) is 11.6 Å². The minimum atomic E-state index is -0.465. The second-order valence-corrected chi connectivity index (χ2v) is 6.29. The number of ether oxygens (including phenoxy) is 1. The Kier molecular flexibility index (Phi) is 4.90. The first-order valence-electron chi connectivity index (χ1n) is 8.81. The summed E-state index contributed by atoms with van der Waals surface area (Å²) < 4.78 is 5.66. The summed E-state index contributed by atoms with van der Waals surface area (Å²) in [6.07, 6.45) is 0. The summed E-state index contributed by atoms with van der Waals surface area (Å²) in [7, 11) is 0. The molecule has 0 aliphatic rings. The van der Waals surface area contributed by atoms with Crippen LogP contribution in [-0.2, 0) is 4.79 Å². The number of H-pyrrole nitrogens is 1. The van der Waals surface area contributed by atoms with E-state index in [4.69, 9.17) is 4.74 Å². The van der Waals surface area contributed by atoms with E-state index >= 15 is 0 Å². The number of hydrogen-bond donors (Lipinski definition) is 2. The van der Waals surface area contributed by atoms with Crippen LogP contribution < -0.4 is 10.1 Å². The predicted molar refractivity (Wildman–Crippen MR) is 109 cm³/mol. The average Bonchev–Trinajstić information content (AvgIpc) is 3.20. The largest absolute Gasteiger partial charge is 0.483 e. The predicted octanol–water partition coefficient (Wildman–Crippen LogP) is 4.16. The number of nitro benzene ring substituents is 1. The third-order valence-corrected chi connectivity index (χ3v) is 4.32. The van der Waals surface area contributed by atoms with Crippen molar-refractivity contribution in [2.75, 3.05) is 11.9 Å². The van der Waals surface area contributed by atoms with Gasteiger partial charge < -0.3 is 10.1 Å². The number of rotatable bonds is 6. The zero-order valence-corrected chi connectivity index (χ0v) is 15.2. The van der Waals surface area contributed by atoms with Crippen LogP contribution in [0.5, 0.6) is 5.75 Å². The Morgan fingerprint density at radius 1 is 1.07 bits per heavy atom. The molecule has 0 radical (unpaired) electrons. The smallest absolute Gasteiger partial charge is 0.270 e. The van der Waals surface area contributed by atoms with E-state index in [0.717, 1.165) is 10.8 Å². The highest BCUT2D eigenvalue weighted by Crippen LogP contribution is 2.26. The molecule has 0 unspecified atom stereocenters. The molecule has 0 aliphatic carbocycles. The van der Waals surface area contributed by atoms with E-state index in [1.807, 2.05) is 42.5 Å². The number of aromatic amines is 1. The van der Waals surface area contributed by atoms with Crippen molar-refractivity contribution in [1.29, 1.82) is 0 Å². The molecule has 0 saturated heterocycles. The summed E-state index contributed by atoms with van der Waals surface area (Å²) >= 11 is 0. The number of benzene rings is 3. The van der Waals surface area contributed by atoms with E-state index in [2.05, 4.69) is 15.5 Å². The number of carbonyl (C=O) groups is 1. The van der Waals surface area contributed by atoms with E-state index < -0.39 is 4.92 Å². The van der Waals surface area contributed by atoms with E-state index in [1.54, 1.807) is 18.2 Å². The number of amides is 1. The molecule has 0 fully saturated rings. The van der Waals surface area contributed by atoms with Crippen LogP contribution in [0, 0.1) is 10.1 Å². The fourth-order valence-electron chi connectivity index (χ4n) is 2.96. The molecule has 0 aliphatic heterocycles. The normalized spacial score (nSPS) is 10.6. The molecule has 1 aromatic heterocycles. The van der Waals surface area contributed by atoms with Gasteiger partial charge in [0.1, 0.15) is 5.75 Å². The zero-order valence-electron chi connectivity index (χ0n) is 15.2. The zero-order chi connectivity index (χ0) is 20.2. The monoisotopic (exact) mass is 388 g/mol. The van der Waals surface area contributed by atoms with Crippen LogP contribution in [0.2, 0.25) is 0 Å². The van der Waals surface area contributed by atoms with Crippen molar-refractivity contribution in [3.8, 4) is 17.0 Å². The van der Waals surface area contributed by atoms with Crippen LogP contribution in [-0.4, -0.2) is 27.6 Å². The van der Waals surface area contributed by atoms with Gasteiger partial charge in [0, 0.05) is 29.1 Å². The van der Waals surface area contributed by atoms with Crippen molar-refractivity contribution < 1.29 is 14.5 Å². The second-order valence-electron chi connectivity index (χ2n) is 6.29. The molecule has 0 atom stereocenters. The Hall–Kier alpha value is -4.20. The highest BCUT2D eigenvalue weighted by atomic mass is 16.6. The molecular formula is C21H16N4O4. The fourth-order valence-corrected chi connectivity index (χ4v) is 2.96. The van der Waals surface area contributed by atoms with Crippen LogP contribution in [0.15, 0.2) is 72.8 Å². The van der Waals surface area contributed by atoms with Gasteiger partial charge in [0.15, 0.2) is 12.4 Å². The third-order valence-electron chi connectivity index (χ3n) is 4.32. The van der Waals surface area contributed by atoms with Crippen LogP contribution in [0.1, 0.15) is 0 Å². The summed E-state index contributed by atoms with van der Waals surface area (Å²) in [6.45, 7) is -0.174. The number of fused-ring (bicyclic) bond motifs is 1. The number of aromatic nitrogens is 2.